The fraction of sp³-hybridized carbons (Fsp3) is 0.750. The maximum absolute atomic E-state index is 11.0. The molecule has 0 aromatic heterocycles. The predicted molar refractivity (Wildman–Crippen MR) is 37.4 cm³/mol. The third kappa shape index (κ3) is 0.788. The number of ketones is 1. The maximum atomic E-state index is 11.0. The molecule has 2 fully saturated rings. The van der Waals surface area contributed by atoms with Gasteiger partial charge in [0.15, 0.2) is 0 Å². The van der Waals surface area contributed by atoms with Crippen LogP contribution in [-0.2, 0) is 4.79 Å². The van der Waals surface area contributed by atoms with E-state index in [2.05, 4.69) is 7.05 Å². The quantitative estimate of drug-likeness (QED) is 0.451. The zero-order valence-corrected chi connectivity index (χ0v) is 6.10. The molecule has 10 heavy (non-hydrogen) atoms. The van der Waals surface area contributed by atoms with E-state index in [0.717, 1.165) is 12.8 Å². The van der Waals surface area contributed by atoms with Crippen molar-refractivity contribution in [1.29, 1.82) is 0 Å². The Kier molecular flexibility index (Phi) is 1.31. The zero-order valence-electron chi connectivity index (χ0n) is 6.10. The summed E-state index contributed by atoms with van der Waals surface area (Å²) in [6.45, 7) is 0. The molecule has 0 aromatic rings. The summed E-state index contributed by atoms with van der Waals surface area (Å²) in [6, 6.07) is 1.12. The van der Waals surface area contributed by atoms with Gasteiger partial charge in [-0.3, -0.25) is 4.79 Å². The SMILES string of the molecule is [CH2-][NH+]1C2CCC1CC(=O)C2. The van der Waals surface area contributed by atoms with Gasteiger partial charge in [0.25, 0.3) is 0 Å². The number of rotatable bonds is 0. The van der Waals surface area contributed by atoms with Gasteiger partial charge in [0.2, 0.25) is 0 Å². The maximum Gasteiger partial charge on any atom is 0.144 e. The molecular formula is C8H13NO. The summed E-state index contributed by atoms with van der Waals surface area (Å²) in [5.41, 5.74) is 0. The second-order valence-electron chi connectivity index (χ2n) is 3.49. The Balaban J connectivity index is 2.16. The molecule has 2 bridgehead atoms. The average Bonchev–Trinajstić information content (AvgIpc) is 2.20. The molecule has 2 rings (SSSR count). The number of fused-ring (bicyclic) bond motifs is 2. The van der Waals surface area contributed by atoms with Crippen molar-refractivity contribution in [3.63, 3.8) is 0 Å². The summed E-state index contributed by atoms with van der Waals surface area (Å²) in [7, 11) is 4.02. The Morgan fingerprint density at radius 2 is 1.80 bits per heavy atom. The highest BCUT2D eigenvalue weighted by molar-refractivity contribution is 5.80. The molecule has 2 saturated heterocycles. The molecule has 0 spiro atoms. The second-order valence-corrected chi connectivity index (χ2v) is 3.49. The Morgan fingerprint density at radius 1 is 1.30 bits per heavy atom. The van der Waals surface area contributed by atoms with Crippen molar-refractivity contribution in [2.75, 3.05) is 0 Å². The zero-order chi connectivity index (χ0) is 7.14. The van der Waals surface area contributed by atoms with Gasteiger partial charge in [-0.15, -0.1) is 0 Å². The van der Waals surface area contributed by atoms with Crippen LogP contribution in [0.15, 0.2) is 0 Å². The van der Waals surface area contributed by atoms with Crippen LogP contribution in [0.3, 0.4) is 0 Å². The van der Waals surface area contributed by atoms with Crippen molar-refractivity contribution < 1.29 is 9.69 Å². The molecule has 2 heterocycles. The van der Waals surface area contributed by atoms with Crippen LogP contribution in [0.1, 0.15) is 25.7 Å². The summed E-state index contributed by atoms with van der Waals surface area (Å²) in [6.07, 6.45) is 4.01. The number of hydrogen-bond acceptors (Lipinski definition) is 1. The van der Waals surface area contributed by atoms with Gasteiger partial charge in [-0.05, 0) is 0 Å². The lowest BCUT2D eigenvalue weighted by molar-refractivity contribution is -0.893. The van der Waals surface area contributed by atoms with Gasteiger partial charge < -0.3 is 4.90 Å². The van der Waals surface area contributed by atoms with E-state index in [4.69, 9.17) is 0 Å². The van der Waals surface area contributed by atoms with Crippen LogP contribution < -0.4 is 4.90 Å². The number of piperidine rings is 1. The molecule has 2 heteroatoms. The molecule has 0 amide bonds. The summed E-state index contributed by atoms with van der Waals surface area (Å²) in [5.74, 6) is 0.458. The van der Waals surface area contributed by atoms with E-state index in [-0.39, 0.29) is 0 Å². The molecule has 0 aliphatic carbocycles. The van der Waals surface area contributed by atoms with Crippen molar-refractivity contribution in [2.24, 2.45) is 0 Å². The fourth-order valence-electron chi connectivity index (χ4n) is 2.21. The summed E-state index contributed by atoms with van der Waals surface area (Å²) in [5, 5.41) is 0. The van der Waals surface area contributed by atoms with E-state index in [1.807, 2.05) is 0 Å². The molecule has 2 aliphatic heterocycles. The molecule has 0 aromatic carbocycles. The van der Waals surface area contributed by atoms with Crippen LogP contribution in [-0.4, -0.2) is 17.9 Å². The molecule has 0 radical (unpaired) electrons. The largest absolute Gasteiger partial charge is 0.462 e. The Bertz CT molecular complexity index is 151. The first-order valence-corrected chi connectivity index (χ1v) is 3.98. The number of hydrogen-bond donors (Lipinski definition) is 1. The van der Waals surface area contributed by atoms with Gasteiger partial charge in [0.1, 0.15) is 5.78 Å². The highest BCUT2D eigenvalue weighted by Crippen LogP contribution is 2.19. The Hall–Kier alpha value is -0.370. The van der Waals surface area contributed by atoms with Crippen molar-refractivity contribution in [2.45, 2.75) is 37.8 Å². The van der Waals surface area contributed by atoms with E-state index in [1.165, 1.54) is 17.7 Å². The molecule has 2 atom stereocenters. The highest BCUT2D eigenvalue weighted by atomic mass is 16.1. The predicted octanol–water partition coefficient (Wildman–Crippen LogP) is -0.443. The minimum Gasteiger partial charge on any atom is -0.462 e. The van der Waals surface area contributed by atoms with Crippen molar-refractivity contribution >= 4 is 5.78 Å². The normalized spacial score (nSPS) is 46.1. The van der Waals surface area contributed by atoms with Gasteiger partial charge in [-0.25, -0.2) is 0 Å². The van der Waals surface area contributed by atoms with Gasteiger partial charge in [0.05, 0.1) is 24.9 Å². The third-order valence-corrected chi connectivity index (χ3v) is 2.86. The van der Waals surface area contributed by atoms with Gasteiger partial charge in [-0.2, -0.15) is 7.05 Å². The molecule has 0 saturated carbocycles. The number of Topliss-reactive ketones (excluding diaryl/α,β-unsaturated/α-hetero) is 1. The minimum absolute atomic E-state index is 0.458. The lowest BCUT2D eigenvalue weighted by Crippen LogP contribution is -3.13. The van der Waals surface area contributed by atoms with E-state index >= 15 is 0 Å². The topological polar surface area (TPSA) is 21.5 Å². The van der Waals surface area contributed by atoms with Gasteiger partial charge >= 0.3 is 0 Å². The summed E-state index contributed by atoms with van der Waals surface area (Å²) < 4.78 is 0. The monoisotopic (exact) mass is 139 g/mol. The first kappa shape index (κ1) is 6.35. The molecule has 56 valence electrons. The first-order valence-electron chi connectivity index (χ1n) is 3.98. The van der Waals surface area contributed by atoms with Crippen LogP contribution in [0, 0.1) is 7.05 Å². The summed E-state index contributed by atoms with van der Waals surface area (Å²) >= 11 is 0. The molecule has 2 nitrogen and oxygen atoms in total. The van der Waals surface area contributed by atoms with E-state index in [0.29, 0.717) is 17.9 Å². The van der Waals surface area contributed by atoms with Crippen molar-refractivity contribution in [3.05, 3.63) is 7.05 Å². The van der Waals surface area contributed by atoms with Crippen LogP contribution in [0.5, 0.6) is 0 Å². The van der Waals surface area contributed by atoms with Crippen LogP contribution in [0.25, 0.3) is 0 Å². The van der Waals surface area contributed by atoms with Crippen LogP contribution in [0.2, 0.25) is 0 Å². The highest BCUT2D eigenvalue weighted by Gasteiger charge is 2.38. The lowest BCUT2D eigenvalue weighted by atomic mass is 10.0. The first-order chi connectivity index (χ1) is 4.77. The standard InChI is InChI=1S/C8H13NO/c1-9-6-2-3-7(9)5-8(10)4-6/h6-7,9H,1-5H2. The van der Waals surface area contributed by atoms with E-state index in [9.17, 15) is 4.79 Å². The minimum atomic E-state index is 0.458. The van der Waals surface area contributed by atoms with E-state index in [1.54, 1.807) is 0 Å². The second kappa shape index (κ2) is 2.06. The Labute approximate surface area is 61.2 Å². The molecular weight excluding hydrogens is 126 g/mol. The molecule has 1 N–H and O–H groups in total. The average molecular weight is 139 g/mol. The molecule has 2 unspecified atom stereocenters. The number of nitrogens with one attached hydrogen (secondary N) is 1. The van der Waals surface area contributed by atoms with Crippen molar-refractivity contribution in [3.8, 4) is 0 Å². The fourth-order valence-corrected chi connectivity index (χ4v) is 2.21. The smallest absolute Gasteiger partial charge is 0.144 e. The molecule has 2 aliphatic rings. The van der Waals surface area contributed by atoms with Gasteiger partial charge in [0, 0.05) is 12.8 Å². The van der Waals surface area contributed by atoms with Gasteiger partial charge in [-0.1, -0.05) is 0 Å². The third-order valence-electron chi connectivity index (χ3n) is 2.86. The van der Waals surface area contributed by atoms with E-state index < -0.39 is 0 Å². The van der Waals surface area contributed by atoms with Crippen LogP contribution in [0.4, 0.5) is 0 Å². The van der Waals surface area contributed by atoms with Crippen molar-refractivity contribution in [1.82, 2.24) is 0 Å². The Morgan fingerprint density at radius 3 is 2.30 bits per heavy atom. The number of quaternary nitrogens is 1. The lowest BCUT2D eigenvalue weighted by Gasteiger charge is -2.33. The van der Waals surface area contributed by atoms with Crippen LogP contribution >= 0.6 is 0 Å². The summed E-state index contributed by atoms with van der Waals surface area (Å²) in [4.78, 5) is 12.4. The number of carbonyl (C=O) groups excluding carboxylic acids is 1. The number of carbonyl (C=O) groups is 1.